The molecule has 0 aliphatic carbocycles. The van der Waals surface area contributed by atoms with Crippen molar-refractivity contribution in [3.63, 3.8) is 0 Å². The molecule has 0 saturated heterocycles. The first-order valence-electron chi connectivity index (χ1n) is 3.92. The maximum absolute atomic E-state index is 9.05. The number of nitrogens with zero attached hydrogens (tertiary/aromatic N) is 1. The van der Waals surface area contributed by atoms with Gasteiger partial charge < -0.3 is 16.2 Å². The van der Waals surface area contributed by atoms with Crippen LogP contribution in [0.4, 0.5) is 11.5 Å². The molecule has 72 valence electrons. The fraction of sp³-hybridized carbons (Fsp3) is 0.375. The van der Waals surface area contributed by atoms with Crippen LogP contribution in [-0.4, -0.2) is 22.7 Å². The van der Waals surface area contributed by atoms with Crippen LogP contribution in [0.2, 0.25) is 0 Å². The summed E-state index contributed by atoms with van der Waals surface area (Å²) in [6, 6.07) is 1.71. The Hall–Kier alpha value is -0.810. The van der Waals surface area contributed by atoms with E-state index in [4.69, 9.17) is 10.8 Å². The molecule has 5 heteroatoms. The summed E-state index contributed by atoms with van der Waals surface area (Å²) in [5, 5.41) is 12.1. The minimum atomic E-state index is -0.388. The lowest BCUT2D eigenvalue weighted by Gasteiger charge is -2.10. The Morgan fingerprint density at radius 3 is 3.08 bits per heavy atom. The van der Waals surface area contributed by atoms with Crippen LogP contribution in [0.15, 0.2) is 16.7 Å². The van der Waals surface area contributed by atoms with Crippen molar-refractivity contribution >= 4 is 27.4 Å². The third-order valence-corrected chi connectivity index (χ3v) is 2.10. The van der Waals surface area contributed by atoms with Gasteiger partial charge in [-0.1, -0.05) is 0 Å². The van der Waals surface area contributed by atoms with E-state index in [0.29, 0.717) is 12.4 Å². The van der Waals surface area contributed by atoms with Crippen molar-refractivity contribution in [2.75, 3.05) is 17.6 Å². The van der Waals surface area contributed by atoms with Crippen LogP contribution in [0, 0.1) is 0 Å². The van der Waals surface area contributed by atoms with E-state index >= 15 is 0 Å². The molecule has 1 aromatic heterocycles. The van der Waals surface area contributed by atoms with Gasteiger partial charge in [-0.2, -0.15) is 0 Å². The third-order valence-electron chi connectivity index (χ3n) is 1.46. The van der Waals surface area contributed by atoms with Crippen LogP contribution in [0.3, 0.4) is 0 Å². The Labute approximate surface area is 85.3 Å². The fourth-order valence-electron chi connectivity index (χ4n) is 0.848. The first-order chi connectivity index (χ1) is 6.09. The van der Waals surface area contributed by atoms with E-state index < -0.39 is 0 Å². The van der Waals surface area contributed by atoms with Gasteiger partial charge in [-0.25, -0.2) is 4.98 Å². The van der Waals surface area contributed by atoms with E-state index in [1.54, 1.807) is 19.2 Å². The van der Waals surface area contributed by atoms with Gasteiger partial charge in [-0.3, -0.25) is 0 Å². The van der Waals surface area contributed by atoms with Gasteiger partial charge in [0.1, 0.15) is 5.82 Å². The Morgan fingerprint density at radius 2 is 2.46 bits per heavy atom. The molecule has 1 atom stereocenters. The number of hydrogen-bond donors (Lipinski definition) is 3. The molecular weight excluding hydrogens is 234 g/mol. The molecule has 0 aromatic carbocycles. The molecule has 13 heavy (non-hydrogen) atoms. The van der Waals surface area contributed by atoms with Crippen molar-refractivity contribution in [1.29, 1.82) is 0 Å². The van der Waals surface area contributed by atoms with E-state index in [-0.39, 0.29) is 6.10 Å². The lowest BCUT2D eigenvalue weighted by molar-refractivity contribution is 0.208. The summed E-state index contributed by atoms with van der Waals surface area (Å²) < 4.78 is 0.836. The predicted molar refractivity (Wildman–Crippen MR) is 56.5 cm³/mol. The molecule has 1 unspecified atom stereocenters. The molecular formula is C8H12BrN3O. The molecule has 0 radical (unpaired) electrons. The number of rotatable bonds is 3. The summed E-state index contributed by atoms with van der Waals surface area (Å²) >= 11 is 3.32. The topological polar surface area (TPSA) is 71.2 Å². The second-order valence-corrected chi connectivity index (χ2v) is 3.67. The predicted octanol–water partition coefficient (Wildman–Crippen LogP) is 1.22. The SMILES string of the molecule is CC(O)CNc1cc(N)ncc1Br. The molecule has 1 heterocycles. The first kappa shape index (κ1) is 10.3. The average Bonchev–Trinajstić information content (AvgIpc) is 2.06. The van der Waals surface area contributed by atoms with Crippen LogP contribution in [0.5, 0.6) is 0 Å². The molecule has 0 fully saturated rings. The largest absolute Gasteiger partial charge is 0.392 e. The molecule has 4 N–H and O–H groups in total. The number of nitrogens with one attached hydrogen (secondary N) is 1. The monoisotopic (exact) mass is 245 g/mol. The van der Waals surface area contributed by atoms with Crippen molar-refractivity contribution in [1.82, 2.24) is 4.98 Å². The summed E-state index contributed by atoms with van der Waals surface area (Å²) in [7, 11) is 0. The third kappa shape index (κ3) is 3.20. The first-order valence-corrected chi connectivity index (χ1v) is 4.72. The molecule has 0 aliphatic rings. The van der Waals surface area contributed by atoms with Crippen LogP contribution in [-0.2, 0) is 0 Å². The quantitative estimate of drug-likeness (QED) is 0.749. The molecule has 0 bridgehead atoms. The molecule has 1 aromatic rings. The van der Waals surface area contributed by atoms with E-state index in [2.05, 4.69) is 26.2 Å². The number of halogens is 1. The Bertz CT molecular complexity index is 291. The van der Waals surface area contributed by atoms with Gasteiger partial charge in [0.15, 0.2) is 0 Å². The number of aliphatic hydroxyl groups excluding tert-OH is 1. The molecule has 1 rings (SSSR count). The van der Waals surface area contributed by atoms with Crippen LogP contribution in [0.1, 0.15) is 6.92 Å². The van der Waals surface area contributed by atoms with Crippen molar-refractivity contribution in [3.05, 3.63) is 16.7 Å². The maximum atomic E-state index is 9.05. The van der Waals surface area contributed by atoms with Gasteiger partial charge in [0.2, 0.25) is 0 Å². The Balaban J connectivity index is 2.70. The van der Waals surface area contributed by atoms with Crippen LogP contribution >= 0.6 is 15.9 Å². The van der Waals surface area contributed by atoms with E-state index in [0.717, 1.165) is 10.2 Å². The van der Waals surface area contributed by atoms with Crippen molar-refractivity contribution in [2.24, 2.45) is 0 Å². The average molecular weight is 246 g/mol. The molecule has 0 saturated carbocycles. The van der Waals surface area contributed by atoms with E-state index in [9.17, 15) is 0 Å². The van der Waals surface area contributed by atoms with E-state index in [1.807, 2.05) is 0 Å². The van der Waals surface area contributed by atoms with Gasteiger partial charge in [0.05, 0.1) is 16.3 Å². The maximum Gasteiger partial charge on any atom is 0.125 e. The summed E-state index contributed by atoms with van der Waals surface area (Å²) in [5.74, 6) is 0.455. The van der Waals surface area contributed by atoms with Gasteiger partial charge in [0, 0.05) is 18.8 Å². The Kier molecular flexibility index (Phi) is 3.50. The zero-order chi connectivity index (χ0) is 9.84. The van der Waals surface area contributed by atoms with Crippen molar-refractivity contribution < 1.29 is 5.11 Å². The van der Waals surface area contributed by atoms with Crippen LogP contribution in [0.25, 0.3) is 0 Å². The molecule has 0 amide bonds. The van der Waals surface area contributed by atoms with Gasteiger partial charge >= 0.3 is 0 Å². The highest BCUT2D eigenvalue weighted by atomic mass is 79.9. The lowest BCUT2D eigenvalue weighted by Crippen LogP contribution is -2.15. The normalized spacial score (nSPS) is 12.5. The second kappa shape index (κ2) is 4.43. The minimum Gasteiger partial charge on any atom is -0.392 e. The van der Waals surface area contributed by atoms with Gasteiger partial charge in [-0.05, 0) is 22.9 Å². The number of pyridine rings is 1. The minimum absolute atomic E-state index is 0.388. The standard InChI is InChI=1S/C8H12BrN3O/c1-5(13)3-11-7-2-8(10)12-4-6(7)9/h2,4-5,13H,3H2,1H3,(H3,10,11,12). The summed E-state index contributed by atoms with van der Waals surface area (Å²) in [4.78, 5) is 3.89. The zero-order valence-electron chi connectivity index (χ0n) is 7.29. The highest BCUT2D eigenvalue weighted by Crippen LogP contribution is 2.22. The Morgan fingerprint density at radius 1 is 1.77 bits per heavy atom. The number of nitrogen functional groups attached to an aromatic ring is 1. The second-order valence-electron chi connectivity index (χ2n) is 2.82. The zero-order valence-corrected chi connectivity index (χ0v) is 8.87. The number of aromatic nitrogens is 1. The number of hydrogen-bond acceptors (Lipinski definition) is 4. The smallest absolute Gasteiger partial charge is 0.125 e. The molecule has 0 aliphatic heterocycles. The highest BCUT2D eigenvalue weighted by Gasteiger charge is 2.01. The van der Waals surface area contributed by atoms with Crippen LogP contribution < -0.4 is 11.1 Å². The number of aliphatic hydroxyl groups is 1. The van der Waals surface area contributed by atoms with Crippen molar-refractivity contribution in [2.45, 2.75) is 13.0 Å². The van der Waals surface area contributed by atoms with Crippen molar-refractivity contribution in [3.8, 4) is 0 Å². The van der Waals surface area contributed by atoms with E-state index in [1.165, 1.54) is 0 Å². The van der Waals surface area contributed by atoms with Gasteiger partial charge in [0.25, 0.3) is 0 Å². The number of anilines is 2. The summed E-state index contributed by atoms with van der Waals surface area (Å²) in [6.45, 7) is 2.20. The lowest BCUT2D eigenvalue weighted by atomic mass is 10.3. The van der Waals surface area contributed by atoms with Gasteiger partial charge in [-0.15, -0.1) is 0 Å². The summed E-state index contributed by atoms with van der Waals surface area (Å²) in [6.07, 6.45) is 1.24. The molecule has 4 nitrogen and oxygen atoms in total. The molecule has 0 spiro atoms. The fourth-order valence-corrected chi connectivity index (χ4v) is 1.20. The highest BCUT2D eigenvalue weighted by molar-refractivity contribution is 9.10. The summed E-state index contributed by atoms with van der Waals surface area (Å²) in [5.41, 5.74) is 6.34. The number of nitrogens with two attached hydrogens (primary N) is 1.